The van der Waals surface area contributed by atoms with Crippen molar-refractivity contribution in [2.24, 2.45) is 7.05 Å². The van der Waals surface area contributed by atoms with E-state index in [1.807, 2.05) is 0 Å². The number of benzene rings is 1. The average Bonchev–Trinajstić information content (AvgIpc) is 3.31. The second kappa shape index (κ2) is 9.18. The van der Waals surface area contributed by atoms with Gasteiger partial charge in [-0.2, -0.15) is 0 Å². The molecule has 2 amide bonds. The van der Waals surface area contributed by atoms with Crippen LogP contribution in [0.3, 0.4) is 0 Å². The molecule has 0 saturated carbocycles. The zero-order valence-electron chi connectivity index (χ0n) is 15.0. The number of carbonyl (C=O) groups is 2. The highest BCUT2D eigenvalue weighted by molar-refractivity contribution is 8.00. The van der Waals surface area contributed by atoms with E-state index in [1.165, 1.54) is 23.1 Å². The Labute approximate surface area is 174 Å². The summed E-state index contributed by atoms with van der Waals surface area (Å²) in [5.74, 6) is 0.183. The van der Waals surface area contributed by atoms with E-state index in [4.69, 9.17) is 11.6 Å². The predicted molar refractivity (Wildman–Crippen MR) is 110 cm³/mol. The highest BCUT2D eigenvalue weighted by Crippen LogP contribution is 2.23. The molecule has 28 heavy (non-hydrogen) atoms. The number of halogens is 1. The van der Waals surface area contributed by atoms with Gasteiger partial charge in [0.15, 0.2) is 16.1 Å². The Bertz CT molecular complexity index is 959. The number of anilines is 1. The molecule has 1 aromatic carbocycles. The van der Waals surface area contributed by atoms with E-state index in [9.17, 15) is 9.59 Å². The lowest BCUT2D eigenvalue weighted by Crippen LogP contribution is -2.24. The van der Waals surface area contributed by atoms with Gasteiger partial charge in [0, 0.05) is 29.2 Å². The molecule has 0 bridgehead atoms. The number of nitrogens with one attached hydrogen (secondary N) is 2. The minimum absolute atomic E-state index is 0.166. The third-order valence-corrected chi connectivity index (χ3v) is 5.83. The zero-order chi connectivity index (χ0) is 20.1. The van der Waals surface area contributed by atoms with E-state index in [-0.39, 0.29) is 23.6 Å². The molecule has 0 aliphatic heterocycles. The predicted octanol–water partition coefficient (Wildman–Crippen LogP) is 2.97. The Morgan fingerprint density at radius 3 is 2.71 bits per heavy atom. The van der Waals surface area contributed by atoms with Crippen LogP contribution in [0.4, 0.5) is 5.13 Å². The molecule has 0 aliphatic carbocycles. The fourth-order valence-corrected chi connectivity index (χ4v) is 3.66. The maximum absolute atomic E-state index is 12.2. The number of rotatable bonds is 7. The van der Waals surface area contributed by atoms with Crippen LogP contribution in [0.5, 0.6) is 0 Å². The second-order valence-corrected chi connectivity index (χ2v) is 8.37. The molecule has 0 spiro atoms. The molecule has 11 heteroatoms. The molecule has 0 fully saturated rings. The van der Waals surface area contributed by atoms with Crippen LogP contribution in [-0.4, -0.2) is 36.8 Å². The van der Waals surface area contributed by atoms with Crippen molar-refractivity contribution in [3.8, 4) is 0 Å². The molecule has 3 rings (SSSR count). The molecule has 3 aromatic rings. The van der Waals surface area contributed by atoms with Crippen molar-refractivity contribution in [2.45, 2.75) is 23.9 Å². The number of thioether (sulfide) groups is 1. The minimum atomic E-state index is -0.386. The first-order chi connectivity index (χ1) is 13.4. The van der Waals surface area contributed by atoms with Gasteiger partial charge in [0.1, 0.15) is 0 Å². The van der Waals surface area contributed by atoms with Gasteiger partial charge in [-0.3, -0.25) is 9.59 Å². The number of hydrogen-bond acceptors (Lipinski definition) is 7. The normalized spacial score (nSPS) is 11.8. The summed E-state index contributed by atoms with van der Waals surface area (Å²) in [4.78, 5) is 28.5. The Morgan fingerprint density at radius 2 is 2.04 bits per heavy atom. The van der Waals surface area contributed by atoms with Crippen molar-refractivity contribution >= 4 is 51.6 Å². The first kappa shape index (κ1) is 20.3. The molecule has 0 aliphatic rings. The summed E-state index contributed by atoms with van der Waals surface area (Å²) < 4.78 is 1.75. The smallest absolute Gasteiger partial charge is 0.251 e. The largest absolute Gasteiger partial charge is 0.345 e. The van der Waals surface area contributed by atoms with E-state index < -0.39 is 0 Å². The lowest BCUT2D eigenvalue weighted by Gasteiger charge is -2.10. The summed E-state index contributed by atoms with van der Waals surface area (Å²) >= 11 is 8.47. The second-order valence-electron chi connectivity index (χ2n) is 5.73. The monoisotopic (exact) mass is 436 g/mol. The Hall–Kier alpha value is -2.43. The Morgan fingerprint density at radius 1 is 1.29 bits per heavy atom. The molecule has 1 atom stereocenters. The van der Waals surface area contributed by atoms with Crippen molar-refractivity contribution in [1.82, 2.24) is 25.1 Å². The van der Waals surface area contributed by atoms with Gasteiger partial charge in [0.05, 0.1) is 11.8 Å². The standard InChI is InChI=1S/C17H17ClN6O2S2/c1-10(14(25)21-16-19-7-8-27-16)28-17-23-22-13(24(17)2)9-20-15(26)11-3-5-12(18)6-4-11/h3-8,10H,9H2,1-2H3,(H,20,26)(H,19,21,25). The SMILES string of the molecule is CC(Sc1nnc(CNC(=O)c2ccc(Cl)cc2)n1C)C(=O)Nc1nccs1. The van der Waals surface area contributed by atoms with Crippen LogP contribution in [0, 0.1) is 0 Å². The third-order valence-electron chi connectivity index (χ3n) is 3.75. The fourth-order valence-electron chi connectivity index (χ4n) is 2.17. The molecule has 146 valence electrons. The minimum Gasteiger partial charge on any atom is -0.345 e. The molecule has 2 aromatic heterocycles. The number of hydrogen-bond donors (Lipinski definition) is 2. The number of nitrogens with zero attached hydrogens (tertiary/aromatic N) is 4. The van der Waals surface area contributed by atoms with Gasteiger partial charge in [-0.25, -0.2) is 4.98 Å². The molecule has 0 radical (unpaired) electrons. The molecule has 1 unspecified atom stereocenters. The summed E-state index contributed by atoms with van der Waals surface area (Å²) in [6.07, 6.45) is 1.63. The average molecular weight is 437 g/mol. The Balaban J connectivity index is 1.56. The topological polar surface area (TPSA) is 102 Å². The van der Waals surface area contributed by atoms with Crippen molar-refractivity contribution in [1.29, 1.82) is 0 Å². The van der Waals surface area contributed by atoms with Gasteiger partial charge in [-0.05, 0) is 31.2 Å². The van der Waals surface area contributed by atoms with Crippen molar-refractivity contribution in [3.05, 3.63) is 52.3 Å². The van der Waals surface area contributed by atoms with Gasteiger partial charge in [0.25, 0.3) is 5.91 Å². The molecule has 0 saturated heterocycles. The van der Waals surface area contributed by atoms with E-state index in [0.717, 1.165) is 0 Å². The number of aromatic nitrogens is 4. The van der Waals surface area contributed by atoms with Gasteiger partial charge < -0.3 is 15.2 Å². The van der Waals surface area contributed by atoms with Crippen LogP contribution in [0.25, 0.3) is 0 Å². The summed E-state index contributed by atoms with van der Waals surface area (Å²) in [6.45, 7) is 2.00. The molecule has 2 heterocycles. The van der Waals surface area contributed by atoms with E-state index >= 15 is 0 Å². The molecular weight excluding hydrogens is 420 g/mol. The van der Waals surface area contributed by atoms with Gasteiger partial charge >= 0.3 is 0 Å². The molecule has 2 N–H and O–H groups in total. The lowest BCUT2D eigenvalue weighted by molar-refractivity contribution is -0.115. The van der Waals surface area contributed by atoms with Crippen LogP contribution in [0.15, 0.2) is 41.0 Å². The van der Waals surface area contributed by atoms with Crippen LogP contribution >= 0.6 is 34.7 Å². The maximum Gasteiger partial charge on any atom is 0.251 e. The molecule has 8 nitrogen and oxygen atoms in total. The van der Waals surface area contributed by atoms with E-state index in [0.29, 0.717) is 26.7 Å². The van der Waals surface area contributed by atoms with E-state index in [1.54, 1.807) is 54.4 Å². The highest BCUT2D eigenvalue weighted by Gasteiger charge is 2.20. The summed E-state index contributed by atoms with van der Waals surface area (Å²) in [6, 6.07) is 6.62. The van der Waals surface area contributed by atoms with Gasteiger partial charge in [0.2, 0.25) is 5.91 Å². The summed E-state index contributed by atoms with van der Waals surface area (Å²) in [7, 11) is 1.79. The molecular formula is C17H17ClN6O2S2. The van der Waals surface area contributed by atoms with Crippen molar-refractivity contribution < 1.29 is 9.59 Å². The first-order valence-electron chi connectivity index (χ1n) is 8.23. The summed E-state index contributed by atoms with van der Waals surface area (Å²) in [5, 5.41) is 16.9. The van der Waals surface area contributed by atoms with Gasteiger partial charge in [-0.15, -0.1) is 21.5 Å². The fraction of sp³-hybridized carbons (Fsp3) is 0.235. The Kier molecular flexibility index (Phi) is 6.65. The zero-order valence-corrected chi connectivity index (χ0v) is 17.4. The highest BCUT2D eigenvalue weighted by atomic mass is 35.5. The summed E-state index contributed by atoms with van der Waals surface area (Å²) in [5.41, 5.74) is 0.508. The van der Waals surface area contributed by atoms with Crippen LogP contribution in [0.2, 0.25) is 5.02 Å². The van der Waals surface area contributed by atoms with Crippen molar-refractivity contribution in [3.63, 3.8) is 0 Å². The van der Waals surface area contributed by atoms with E-state index in [2.05, 4.69) is 25.8 Å². The van der Waals surface area contributed by atoms with Crippen LogP contribution < -0.4 is 10.6 Å². The van der Waals surface area contributed by atoms with Gasteiger partial charge in [-0.1, -0.05) is 23.4 Å². The maximum atomic E-state index is 12.2. The van der Waals surface area contributed by atoms with Crippen LogP contribution in [0.1, 0.15) is 23.1 Å². The third kappa shape index (κ3) is 5.09. The van der Waals surface area contributed by atoms with Crippen LogP contribution in [-0.2, 0) is 18.4 Å². The first-order valence-corrected chi connectivity index (χ1v) is 10.4. The lowest BCUT2D eigenvalue weighted by atomic mass is 10.2. The number of carbonyl (C=O) groups excluding carboxylic acids is 2. The quantitative estimate of drug-likeness (QED) is 0.552. The number of thiazole rings is 1. The number of amides is 2. The van der Waals surface area contributed by atoms with Crippen molar-refractivity contribution in [2.75, 3.05) is 5.32 Å².